The number of hydrogen-bond acceptors (Lipinski definition) is 5. The highest BCUT2D eigenvalue weighted by atomic mass is 35.5. The number of carbonyl (C=O) groups is 2. The molecular weight excluding hydrogens is 442 g/mol. The van der Waals surface area contributed by atoms with Gasteiger partial charge in [-0.3, -0.25) is 9.59 Å². The Balaban J connectivity index is 1.24. The maximum absolute atomic E-state index is 13.0. The summed E-state index contributed by atoms with van der Waals surface area (Å²) >= 11 is 6.50. The van der Waals surface area contributed by atoms with Gasteiger partial charge in [0.05, 0.1) is 10.6 Å². The summed E-state index contributed by atoms with van der Waals surface area (Å²) in [5.74, 6) is -0.161. The summed E-state index contributed by atoms with van der Waals surface area (Å²) in [5.41, 5.74) is 0.903. The summed E-state index contributed by atoms with van der Waals surface area (Å²) in [6.07, 6.45) is 8.46. The van der Waals surface area contributed by atoms with Crippen LogP contribution >= 0.6 is 11.6 Å². The average molecular weight is 473 g/mol. The Labute approximate surface area is 198 Å². The van der Waals surface area contributed by atoms with Crippen molar-refractivity contribution in [1.82, 2.24) is 10.3 Å². The molecule has 0 radical (unpaired) electrons. The second-order valence-corrected chi connectivity index (χ2v) is 11.2. The van der Waals surface area contributed by atoms with E-state index in [1.807, 2.05) is 12.3 Å². The number of amides is 2. The number of rotatable bonds is 5. The molecule has 2 saturated carbocycles. The molecule has 4 aliphatic rings. The molecule has 2 amide bonds. The van der Waals surface area contributed by atoms with Gasteiger partial charge in [0.2, 0.25) is 11.9 Å². The number of carbonyl (C=O) groups excluding carboxylic acids is 2. The summed E-state index contributed by atoms with van der Waals surface area (Å²) in [6.45, 7) is 5.38. The maximum Gasteiger partial charge on any atom is 0.252 e. The largest absolute Gasteiger partial charge is 0.380 e. The van der Waals surface area contributed by atoms with Gasteiger partial charge in [0.15, 0.2) is 6.54 Å². The molecule has 1 saturated heterocycles. The number of hydrogen-bond donors (Lipinski definition) is 3. The van der Waals surface area contributed by atoms with Crippen LogP contribution in [0.3, 0.4) is 0 Å². The Bertz CT molecular complexity index is 1060. The highest BCUT2D eigenvalue weighted by Gasteiger charge is 2.49. The molecule has 1 aromatic rings. The molecule has 33 heavy (non-hydrogen) atoms. The molecule has 3 fully saturated rings. The summed E-state index contributed by atoms with van der Waals surface area (Å²) in [6, 6.07) is 1.93. The second-order valence-electron chi connectivity index (χ2n) is 10.8. The molecule has 2 aliphatic heterocycles. The molecule has 9 heteroatoms. The zero-order chi connectivity index (χ0) is 23.4. The highest BCUT2D eigenvalue weighted by Crippen LogP contribution is 2.42. The van der Waals surface area contributed by atoms with Gasteiger partial charge in [-0.2, -0.15) is 0 Å². The van der Waals surface area contributed by atoms with Crippen LogP contribution in [0.25, 0.3) is 5.57 Å². The van der Waals surface area contributed by atoms with Gasteiger partial charge in [-0.25, -0.2) is 4.98 Å². The fourth-order valence-electron chi connectivity index (χ4n) is 5.29. The molecule has 3 N–H and O–H groups in total. The second kappa shape index (κ2) is 8.17. The molecule has 8 nitrogen and oxygen atoms in total. The average Bonchev–Trinajstić information content (AvgIpc) is 3.30. The standard InChI is InChI=1S/C24H30ClN5O3/c1-23(2)10-19-17(11-27-30(19)13-23)16-9-20(26-12-18(16)25)29-21(31)14-4-3-5-15(8-14)28-22(32)24(33)6-7-24/h9,11-12,14-15,19,33H,3-8,10,13H2,1-2H3,(H-,26,28,29,31,32)/p+1/t14-,15+,19?/m0/s1. The minimum Gasteiger partial charge on any atom is -0.380 e. The van der Waals surface area contributed by atoms with Crippen molar-refractivity contribution in [2.24, 2.45) is 16.4 Å². The fourth-order valence-corrected chi connectivity index (χ4v) is 5.50. The van der Waals surface area contributed by atoms with E-state index in [0.29, 0.717) is 30.1 Å². The van der Waals surface area contributed by atoms with Crippen LogP contribution in [0, 0.1) is 11.3 Å². The van der Waals surface area contributed by atoms with Crippen LogP contribution in [0.4, 0.5) is 5.82 Å². The lowest BCUT2D eigenvalue weighted by molar-refractivity contribution is -0.591. The molecule has 1 unspecified atom stereocenters. The Morgan fingerprint density at radius 2 is 2.06 bits per heavy atom. The van der Waals surface area contributed by atoms with Gasteiger partial charge < -0.3 is 15.7 Å². The van der Waals surface area contributed by atoms with Crippen molar-refractivity contribution in [3.63, 3.8) is 0 Å². The van der Waals surface area contributed by atoms with Gasteiger partial charge >= 0.3 is 0 Å². The monoisotopic (exact) mass is 472 g/mol. The van der Waals surface area contributed by atoms with E-state index in [0.717, 1.165) is 43.4 Å². The predicted octanol–water partition coefficient (Wildman–Crippen LogP) is 3.49. The van der Waals surface area contributed by atoms with E-state index < -0.39 is 5.60 Å². The normalized spacial score (nSPS) is 29.0. The zero-order valence-electron chi connectivity index (χ0n) is 19.1. The lowest BCUT2D eigenvalue weighted by Gasteiger charge is -2.29. The number of aromatic nitrogens is 1. The molecule has 1 aromatic heterocycles. The first-order chi connectivity index (χ1) is 15.6. The first kappa shape index (κ1) is 22.5. The van der Waals surface area contributed by atoms with Crippen molar-refractivity contribution < 1.29 is 19.4 Å². The molecule has 0 bridgehead atoms. The van der Waals surface area contributed by atoms with Gasteiger partial charge in [0, 0.05) is 35.6 Å². The minimum absolute atomic E-state index is 0.0951. The third-order valence-electron chi connectivity index (χ3n) is 7.34. The van der Waals surface area contributed by atoms with Gasteiger partial charge in [-0.15, -0.1) is 4.70 Å². The van der Waals surface area contributed by atoms with Crippen LogP contribution < -0.4 is 10.6 Å². The van der Waals surface area contributed by atoms with Crippen LogP contribution in [-0.2, 0) is 9.59 Å². The van der Waals surface area contributed by atoms with E-state index in [2.05, 4.69) is 39.3 Å². The maximum atomic E-state index is 13.0. The number of nitrogens with zero attached hydrogens (tertiary/aromatic N) is 3. The van der Waals surface area contributed by atoms with Gasteiger partial charge in [0.1, 0.15) is 17.6 Å². The molecule has 5 rings (SSSR count). The topological polar surface area (TPSA) is 107 Å². The van der Waals surface area contributed by atoms with E-state index in [9.17, 15) is 14.7 Å². The minimum atomic E-state index is -1.19. The van der Waals surface area contributed by atoms with E-state index in [1.165, 1.54) is 0 Å². The van der Waals surface area contributed by atoms with Crippen molar-refractivity contribution in [3.8, 4) is 0 Å². The number of anilines is 1. The first-order valence-corrected chi connectivity index (χ1v) is 12.2. The molecular formula is C24H31ClN5O3+. The number of nitrogens with one attached hydrogen (secondary N) is 2. The van der Waals surface area contributed by atoms with Gasteiger partial charge in [0.25, 0.3) is 5.91 Å². The molecule has 2 aliphatic carbocycles. The first-order valence-electron chi connectivity index (χ1n) is 11.8. The van der Waals surface area contributed by atoms with Crippen LogP contribution in [0.1, 0.15) is 64.4 Å². The van der Waals surface area contributed by atoms with E-state index >= 15 is 0 Å². The predicted molar refractivity (Wildman–Crippen MR) is 124 cm³/mol. The third kappa shape index (κ3) is 4.55. The van der Waals surface area contributed by atoms with Crippen LogP contribution in [0.2, 0.25) is 5.02 Å². The summed E-state index contributed by atoms with van der Waals surface area (Å²) < 4.78 is 2.11. The number of pyridine rings is 1. The van der Waals surface area contributed by atoms with Crippen molar-refractivity contribution >= 4 is 34.8 Å². The lowest BCUT2D eigenvalue weighted by Crippen LogP contribution is -2.45. The van der Waals surface area contributed by atoms with Crippen molar-refractivity contribution in [2.45, 2.75) is 76.5 Å². The van der Waals surface area contributed by atoms with Crippen molar-refractivity contribution in [2.75, 3.05) is 11.9 Å². The van der Waals surface area contributed by atoms with E-state index in [4.69, 9.17) is 11.6 Å². The van der Waals surface area contributed by atoms with Crippen molar-refractivity contribution in [3.05, 3.63) is 29.0 Å². The summed E-state index contributed by atoms with van der Waals surface area (Å²) in [4.78, 5) is 29.5. The zero-order valence-corrected chi connectivity index (χ0v) is 19.9. The van der Waals surface area contributed by atoms with Crippen LogP contribution in [0.15, 0.2) is 23.6 Å². The molecule has 3 heterocycles. The van der Waals surface area contributed by atoms with E-state index in [1.54, 1.807) is 6.20 Å². The lowest BCUT2D eigenvalue weighted by atomic mass is 9.85. The van der Waals surface area contributed by atoms with E-state index in [-0.39, 0.29) is 35.2 Å². The summed E-state index contributed by atoms with van der Waals surface area (Å²) in [5, 5.41) is 21.0. The Kier molecular flexibility index (Phi) is 5.56. The third-order valence-corrected chi connectivity index (χ3v) is 7.65. The SMILES string of the molecule is CC1(C)CC2C(c3cc(NC(=O)[C@H]4CCC[C@@H](NC(=O)C5(O)CC5)C4)ncc3Cl)=CN=[N+]2C1. The number of fused-ring (bicyclic) bond motifs is 1. The molecule has 0 aromatic carbocycles. The highest BCUT2D eigenvalue weighted by molar-refractivity contribution is 6.32. The quantitative estimate of drug-likeness (QED) is 0.570. The number of halogens is 1. The molecule has 0 spiro atoms. The Hall–Kier alpha value is -2.32. The van der Waals surface area contributed by atoms with Crippen molar-refractivity contribution in [1.29, 1.82) is 0 Å². The number of aliphatic hydroxyl groups is 1. The fraction of sp³-hybridized carbons (Fsp3) is 0.625. The van der Waals surface area contributed by atoms with Crippen LogP contribution in [-0.4, -0.2) is 50.8 Å². The Morgan fingerprint density at radius 1 is 1.27 bits per heavy atom. The Morgan fingerprint density at radius 3 is 2.82 bits per heavy atom. The van der Waals surface area contributed by atoms with Gasteiger partial charge in [-0.05, 0) is 43.3 Å². The molecule has 3 atom stereocenters. The number of azo groups is 2. The van der Waals surface area contributed by atoms with Gasteiger partial charge in [-0.1, -0.05) is 31.9 Å². The summed E-state index contributed by atoms with van der Waals surface area (Å²) in [7, 11) is 0. The molecule has 176 valence electrons. The van der Waals surface area contributed by atoms with Crippen LogP contribution in [0.5, 0.6) is 0 Å². The smallest absolute Gasteiger partial charge is 0.252 e.